The first kappa shape index (κ1) is 31.2. The van der Waals surface area contributed by atoms with Crippen molar-refractivity contribution in [3.8, 4) is 0 Å². The summed E-state index contributed by atoms with van der Waals surface area (Å²) in [6, 6.07) is 14.1. The molecule has 2 N–H and O–H groups in total. The van der Waals surface area contributed by atoms with E-state index < -0.39 is 5.91 Å². The van der Waals surface area contributed by atoms with Crippen molar-refractivity contribution in [2.75, 3.05) is 6.61 Å². The number of fused-ring (bicyclic) bond motifs is 1. The van der Waals surface area contributed by atoms with Crippen LogP contribution in [0.15, 0.2) is 66.8 Å². The summed E-state index contributed by atoms with van der Waals surface area (Å²) in [7, 11) is 0. The lowest BCUT2D eigenvalue weighted by atomic mass is 9.99. The van der Waals surface area contributed by atoms with E-state index in [0.717, 1.165) is 22.8 Å². The third-order valence-corrected chi connectivity index (χ3v) is 6.21. The summed E-state index contributed by atoms with van der Waals surface area (Å²) in [5.41, 5.74) is 7.21. The van der Waals surface area contributed by atoms with Gasteiger partial charge in [0, 0.05) is 17.6 Å². The van der Waals surface area contributed by atoms with Gasteiger partial charge in [0.2, 0.25) is 5.91 Å². The molecule has 2 aromatic carbocycles. The predicted molar refractivity (Wildman–Crippen MR) is 153 cm³/mol. The highest BCUT2D eigenvalue weighted by Crippen LogP contribution is 2.20. The average molecular weight is 494 g/mol. The van der Waals surface area contributed by atoms with Crippen molar-refractivity contribution < 1.29 is 14.3 Å². The van der Waals surface area contributed by atoms with E-state index in [-0.39, 0.29) is 5.97 Å². The molecule has 0 aliphatic rings. The number of rotatable bonds is 17. The van der Waals surface area contributed by atoms with Crippen LogP contribution in [0.25, 0.3) is 10.8 Å². The number of esters is 1. The molecule has 0 aromatic heterocycles. The van der Waals surface area contributed by atoms with Crippen LogP contribution in [-0.4, -0.2) is 18.5 Å². The number of amides is 1. The standard InChI is InChI=1S/C18H34O2.C14H13NO/c1-4-5-6-7-8-9-10-11-12-13-14-15-16-20-18(19)17(2)3;1-10(14(15)16)9-12-7-4-6-11-5-2-3-8-13(11)12/h2,4-16H2,1,3H3;2-8H,1,9H2,(H2,15,16). The molecule has 0 spiro atoms. The molecule has 2 aromatic rings. The Kier molecular flexibility index (Phi) is 16.7. The third kappa shape index (κ3) is 13.9. The molecule has 0 bridgehead atoms. The first-order valence-corrected chi connectivity index (χ1v) is 13.6. The second kappa shape index (κ2) is 19.3. The highest BCUT2D eigenvalue weighted by molar-refractivity contribution is 5.93. The largest absolute Gasteiger partial charge is 0.462 e. The van der Waals surface area contributed by atoms with Crippen molar-refractivity contribution in [2.45, 2.75) is 97.3 Å². The molecular formula is C32H47NO3. The molecule has 0 unspecified atom stereocenters. The van der Waals surface area contributed by atoms with Crippen molar-refractivity contribution >= 4 is 22.6 Å². The predicted octanol–water partition coefficient (Wildman–Crippen LogP) is 8.23. The van der Waals surface area contributed by atoms with Crippen molar-refractivity contribution in [3.05, 3.63) is 72.3 Å². The number of primary amides is 1. The smallest absolute Gasteiger partial charge is 0.333 e. The van der Waals surface area contributed by atoms with Gasteiger partial charge >= 0.3 is 5.97 Å². The summed E-state index contributed by atoms with van der Waals surface area (Å²) < 4.78 is 5.06. The number of carbonyl (C=O) groups is 2. The van der Waals surface area contributed by atoms with Crippen LogP contribution in [0.1, 0.15) is 96.5 Å². The van der Waals surface area contributed by atoms with E-state index in [4.69, 9.17) is 10.5 Å². The Bertz CT molecular complexity index is 942. The maximum Gasteiger partial charge on any atom is 0.333 e. The molecule has 198 valence electrons. The number of unbranched alkanes of at least 4 members (excludes halogenated alkanes) is 11. The van der Waals surface area contributed by atoms with Crippen LogP contribution in [0.5, 0.6) is 0 Å². The van der Waals surface area contributed by atoms with Crippen LogP contribution < -0.4 is 5.73 Å². The van der Waals surface area contributed by atoms with Gasteiger partial charge < -0.3 is 10.5 Å². The summed E-state index contributed by atoms with van der Waals surface area (Å²) in [5.74, 6) is -0.694. The van der Waals surface area contributed by atoms with Crippen molar-refractivity contribution in [2.24, 2.45) is 5.73 Å². The lowest BCUT2D eigenvalue weighted by Gasteiger charge is -2.06. The second-order valence-corrected chi connectivity index (χ2v) is 9.59. The quantitative estimate of drug-likeness (QED) is 0.137. The summed E-state index contributed by atoms with van der Waals surface area (Å²) in [6.45, 7) is 11.7. The normalized spacial score (nSPS) is 10.4. The Hall–Kier alpha value is -2.88. The third-order valence-electron chi connectivity index (χ3n) is 6.21. The fourth-order valence-electron chi connectivity index (χ4n) is 3.99. The second-order valence-electron chi connectivity index (χ2n) is 9.59. The van der Waals surface area contributed by atoms with E-state index in [1.165, 1.54) is 70.6 Å². The number of benzene rings is 2. The van der Waals surface area contributed by atoms with Gasteiger partial charge in [-0.25, -0.2) is 4.79 Å². The van der Waals surface area contributed by atoms with E-state index in [1.54, 1.807) is 6.92 Å². The molecule has 2 rings (SSSR count). The minimum Gasteiger partial charge on any atom is -0.462 e. The first-order chi connectivity index (χ1) is 17.4. The van der Waals surface area contributed by atoms with Gasteiger partial charge in [-0.3, -0.25) is 4.79 Å². The molecule has 0 fully saturated rings. The Morgan fingerprint density at radius 1 is 0.778 bits per heavy atom. The molecule has 0 atom stereocenters. The minimum atomic E-state index is -0.437. The van der Waals surface area contributed by atoms with E-state index in [2.05, 4.69) is 20.1 Å². The molecule has 4 nitrogen and oxygen atoms in total. The zero-order valence-corrected chi connectivity index (χ0v) is 22.7. The summed E-state index contributed by atoms with van der Waals surface area (Å²) >= 11 is 0. The lowest BCUT2D eigenvalue weighted by Crippen LogP contribution is -2.14. The van der Waals surface area contributed by atoms with Crippen LogP contribution in [0.4, 0.5) is 0 Å². The topological polar surface area (TPSA) is 69.4 Å². The van der Waals surface area contributed by atoms with E-state index >= 15 is 0 Å². The van der Waals surface area contributed by atoms with Crippen molar-refractivity contribution in [1.29, 1.82) is 0 Å². The van der Waals surface area contributed by atoms with Crippen molar-refractivity contribution in [3.63, 3.8) is 0 Å². The fourth-order valence-corrected chi connectivity index (χ4v) is 3.99. The van der Waals surface area contributed by atoms with Crippen molar-refractivity contribution in [1.82, 2.24) is 0 Å². The zero-order chi connectivity index (χ0) is 26.6. The van der Waals surface area contributed by atoms with E-state index in [9.17, 15) is 9.59 Å². The molecule has 4 heteroatoms. The Morgan fingerprint density at radius 3 is 1.86 bits per heavy atom. The maximum atomic E-state index is 11.1. The SMILES string of the molecule is C=C(C)C(=O)OCCCCCCCCCCCCCC.C=C(Cc1cccc2ccccc12)C(N)=O. The van der Waals surface area contributed by atoms with Crippen LogP contribution >= 0.6 is 0 Å². The monoisotopic (exact) mass is 493 g/mol. The van der Waals surface area contributed by atoms with Crippen LogP contribution in [0.2, 0.25) is 0 Å². The molecule has 0 aliphatic heterocycles. The van der Waals surface area contributed by atoms with Gasteiger partial charge in [-0.15, -0.1) is 0 Å². The Morgan fingerprint density at radius 2 is 1.31 bits per heavy atom. The summed E-state index contributed by atoms with van der Waals surface area (Å²) in [4.78, 5) is 22.1. The average Bonchev–Trinajstić information content (AvgIpc) is 2.87. The Balaban J connectivity index is 0.000000367. The number of carbonyl (C=O) groups excluding carboxylic acids is 2. The number of hydrogen-bond acceptors (Lipinski definition) is 3. The fraction of sp³-hybridized carbons (Fsp3) is 0.500. The van der Waals surface area contributed by atoms with E-state index in [1.807, 2.05) is 42.5 Å². The molecule has 0 aliphatic carbocycles. The molecule has 0 saturated carbocycles. The molecule has 36 heavy (non-hydrogen) atoms. The van der Waals surface area contributed by atoms with Crippen LogP contribution in [0.3, 0.4) is 0 Å². The first-order valence-electron chi connectivity index (χ1n) is 13.6. The van der Waals surface area contributed by atoms with Gasteiger partial charge in [-0.1, -0.05) is 133 Å². The summed E-state index contributed by atoms with van der Waals surface area (Å²) in [5, 5.41) is 2.31. The molecule has 0 saturated heterocycles. The van der Waals surface area contributed by atoms with Gasteiger partial charge in [0.15, 0.2) is 0 Å². The maximum absolute atomic E-state index is 11.1. The van der Waals surface area contributed by atoms with Gasteiger partial charge in [-0.2, -0.15) is 0 Å². The van der Waals surface area contributed by atoms with Gasteiger partial charge in [0.05, 0.1) is 6.61 Å². The number of ether oxygens (including phenoxy) is 1. The Labute approximate surface area is 219 Å². The molecule has 0 heterocycles. The van der Waals surface area contributed by atoms with Crippen LogP contribution in [-0.2, 0) is 20.7 Å². The van der Waals surface area contributed by atoms with E-state index in [0.29, 0.717) is 24.2 Å². The minimum absolute atomic E-state index is 0.256. The molecular weight excluding hydrogens is 446 g/mol. The highest BCUT2D eigenvalue weighted by Gasteiger charge is 2.06. The molecule has 1 amide bonds. The van der Waals surface area contributed by atoms with Crippen LogP contribution in [0, 0.1) is 0 Å². The lowest BCUT2D eigenvalue weighted by molar-refractivity contribution is -0.139. The van der Waals surface area contributed by atoms with Gasteiger partial charge in [-0.05, 0) is 29.7 Å². The zero-order valence-electron chi connectivity index (χ0n) is 22.7. The number of nitrogens with two attached hydrogens (primary N) is 1. The highest BCUT2D eigenvalue weighted by atomic mass is 16.5. The van der Waals surface area contributed by atoms with Gasteiger partial charge in [0.25, 0.3) is 0 Å². The number of hydrogen-bond donors (Lipinski definition) is 1. The van der Waals surface area contributed by atoms with Gasteiger partial charge in [0.1, 0.15) is 0 Å². The molecule has 0 radical (unpaired) electrons. The summed E-state index contributed by atoms with van der Waals surface area (Å²) in [6.07, 6.45) is 16.4.